The average Bonchev–Trinajstić information content (AvgIpc) is 3.04. The molecule has 3 rings (SSSR count). The van der Waals surface area contributed by atoms with E-state index in [0.717, 1.165) is 39.0 Å². The number of hydrogen-bond donors (Lipinski definition) is 1. The molecule has 0 amide bonds. The zero-order chi connectivity index (χ0) is 15.0. The molecule has 0 radical (unpaired) electrons. The van der Waals surface area contributed by atoms with Gasteiger partial charge in [0.25, 0.3) is 0 Å². The molecule has 0 spiro atoms. The molecule has 0 aliphatic rings. The number of rotatable bonds is 3. The summed E-state index contributed by atoms with van der Waals surface area (Å²) in [5.74, 6) is 1.57. The zero-order valence-corrected chi connectivity index (χ0v) is 13.5. The van der Waals surface area contributed by atoms with E-state index < -0.39 is 0 Å². The van der Waals surface area contributed by atoms with Crippen LogP contribution in [0.25, 0.3) is 22.4 Å². The Morgan fingerprint density at radius 1 is 1.33 bits per heavy atom. The average molecular weight is 346 g/mol. The second-order valence-electron chi connectivity index (χ2n) is 4.85. The second kappa shape index (κ2) is 5.41. The summed E-state index contributed by atoms with van der Waals surface area (Å²) >= 11 is 3.51. The second-order valence-corrected chi connectivity index (χ2v) is 5.77. The van der Waals surface area contributed by atoms with Gasteiger partial charge < -0.3 is 10.2 Å². The van der Waals surface area contributed by atoms with Crippen molar-refractivity contribution in [2.24, 2.45) is 7.05 Å². The highest BCUT2D eigenvalue weighted by Crippen LogP contribution is 2.38. The van der Waals surface area contributed by atoms with Crippen LogP contribution in [0.4, 0.5) is 5.82 Å². The lowest BCUT2D eigenvalue weighted by Crippen LogP contribution is -1.97. The zero-order valence-electron chi connectivity index (χ0n) is 11.9. The van der Waals surface area contributed by atoms with Crippen LogP contribution in [-0.2, 0) is 13.5 Å². The Hall–Kier alpha value is -2.01. The molecule has 0 saturated carbocycles. The summed E-state index contributed by atoms with van der Waals surface area (Å²) in [5, 5.41) is 4.58. The highest BCUT2D eigenvalue weighted by Gasteiger charge is 2.20. The fraction of sp³-hybridized carbons (Fsp3) is 0.188. The molecule has 21 heavy (non-hydrogen) atoms. The van der Waals surface area contributed by atoms with Gasteiger partial charge >= 0.3 is 0 Å². The van der Waals surface area contributed by atoms with Crippen molar-refractivity contribution in [1.82, 2.24) is 9.78 Å². The van der Waals surface area contributed by atoms with Crippen molar-refractivity contribution in [2.75, 3.05) is 5.73 Å². The molecule has 1 aromatic carbocycles. The largest absolute Gasteiger partial charge is 0.469 e. The van der Waals surface area contributed by atoms with Crippen LogP contribution in [0.5, 0.6) is 0 Å². The van der Waals surface area contributed by atoms with Gasteiger partial charge in [-0.2, -0.15) is 5.10 Å². The molecule has 0 aliphatic carbocycles. The van der Waals surface area contributed by atoms with Gasteiger partial charge in [0.15, 0.2) is 0 Å². The van der Waals surface area contributed by atoms with E-state index in [1.165, 1.54) is 0 Å². The molecule has 0 fully saturated rings. The topological polar surface area (TPSA) is 57.0 Å². The van der Waals surface area contributed by atoms with E-state index in [1.807, 2.05) is 37.4 Å². The third-order valence-electron chi connectivity index (χ3n) is 3.53. The highest BCUT2D eigenvalue weighted by atomic mass is 79.9. The van der Waals surface area contributed by atoms with Gasteiger partial charge in [-0.15, -0.1) is 0 Å². The van der Waals surface area contributed by atoms with Crippen LogP contribution < -0.4 is 5.73 Å². The minimum Gasteiger partial charge on any atom is -0.469 e. The Morgan fingerprint density at radius 3 is 2.86 bits per heavy atom. The van der Waals surface area contributed by atoms with E-state index in [4.69, 9.17) is 10.2 Å². The SMILES string of the molecule is CCc1occc1-c1nn(C)c(N)c1-c1cccc(Br)c1. The Kier molecular flexibility index (Phi) is 3.59. The molecule has 0 saturated heterocycles. The number of nitrogens with two attached hydrogens (primary N) is 1. The first-order chi connectivity index (χ1) is 10.1. The van der Waals surface area contributed by atoms with Gasteiger partial charge in [0, 0.05) is 23.5 Å². The Balaban J connectivity index is 2.26. The standard InChI is InChI=1S/C16H16BrN3O/c1-3-13-12(7-8-21-13)15-14(16(18)20(2)19-15)10-5-4-6-11(17)9-10/h4-9H,3,18H2,1-2H3. The highest BCUT2D eigenvalue weighted by molar-refractivity contribution is 9.10. The molecule has 0 unspecified atom stereocenters. The first-order valence-corrected chi connectivity index (χ1v) is 7.56. The van der Waals surface area contributed by atoms with Gasteiger partial charge in [-0.1, -0.05) is 35.0 Å². The van der Waals surface area contributed by atoms with Crippen LogP contribution in [0.3, 0.4) is 0 Å². The van der Waals surface area contributed by atoms with E-state index in [9.17, 15) is 0 Å². The first-order valence-electron chi connectivity index (χ1n) is 6.77. The van der Waals surface area contributed by atoms with E-state index in [-0.39, 0.29) is 0 Å². The minimum absolute atomic E-state index is 0.645. The van der Waals surface area contributed by atoms with Crippen molar-refractivity contribution < 1.29 is 4.42 Å². The normalized spacial score (nSPS) is 11.0. The van der Waals surface area contributed by atoms with Gasteiger partial charge in [-0.3, -0.25) is 4.68 Å². The maximum absolute atomic E-state index is 6.24. The predicted octanol–water partition coefficient (Wildman–Crippen LogP) is 4.25. The van der Waals surface area contributed by atoms with Gasteiger partial charge in [-0.05, 0) is 23.8 Å². The number of halogens is 1. The van der Waals surface area contributed by atoms with Crippen molar-refractivity contribution in [3.05, 3.63) is 46.8 Å². The van der Waals surface area contributed by atoms with Crippen molar-refractivity contribution in [3.8, 4) is 22.4 Å². The van der Waals surface area contributed by atoms with Crippen LogP contribution in [0.15, 0.2) is 45.5 Å². The summed E-state index contributed by atoms with van der Waals surface area (Å²) < 4.78 is 8.25. The molecule has 108 valence electrons. The maximum Gasteiger partial charge on any atom is 0.129 e. The molecule has 4 nitrogen and oxygen atoms in total. The lowest BCUT2D eigenvalue weighted by atomic mass is 10.0. The number of aromatic nitrogens is 2. The molecule has 2 N–H and O–H groups in total. The van der Waals surface area contributed by atoms with E-state index in [2.05, 4.69) is 28.0 Å². The quantitative estimate of drug-likeness (QED) is 0.771. The third-order valence-corrected chi connectivity index (χ3v) is 4.02. The van der Waals surface area contributed by atoms with Crippen LogP contribution >= 0.6 is 15.9 Å². The molecular formula is C16H16BrN3O. The number of hydrogen-bond acceptors (Lipinski definition) is 3. The fourth-order valence-corrected chi connectivity index (χ4v) is 2.88. The fourth-order valence-electron chi connectivity index (χ4n) is 2.48. The molecular weight excluding hydrogens is 330 g/mol. The molecule has 0 aliphatic heterocycles. The van der Waals surface area contributed by atoms with Crippen LogP contribution in [0.1, 0.15) is 12.7 Å². The van der Waals surface area contributed by atoms with Gasteiger partial charge in [0.2, 0.25) is 0 Å². The summed E-state index contributed by atoms with van der Waals surface area (Å²) in [6, 6.07) is 10.0. The van der Waals surface area contributed by atoms with Crippen LogP contribution in [-0.4, -0.2) is 9.78 Å². The number of benzene rings is 1. The summed E-state index contributed by atoms with van der Waals surface area (Å²) in [5.41, 5.74) is 10.1. The van der Waals surface area contributed by atoms with Crippen molar-refractivity contribution >= 4 is 21.7 Å². The van der Waals surface area contributed by atoms with E-state index in [0.29, 0.717) is 5.82 Å². The van der Waals surface area contributed by atoms with Crippen LogP contribution in [0.2, 0.25) is 0 Å². The predicted molar refractivity (Wildman–Crippen MR) is 87.8 cm³/mol. The minimum atomic E-state index is 0.645. The third kappa shape index (κ3) is 2.38. The van der Waals surface area contributed by atoms with Crippen molar-refractivity contribution in [1.29, 1.82) is 0 Å². The molecule has 5 heteroatoms. The molecule has 0 atom stereocenters. The summed E-state index contributed by atoms with van der Waals surface area (Å²) in [6.45, 7) is 2.06. The smallest absolute Gasteiger partial charge is 0.129 e. The van der Waals surface area contributed by atoms with Crippen LogP contribution in [0, 0.1) is 0 Å². The summed E-state index contributed by atoms with van der Waals surface area (Å²) in [7, 11) is 1.85. The molecule has 2 heterocycles. The Labute approximate surface area is 131 Å². The molecule has 2 aromatic heterocycles. The van der Waals surface area contributed by atoms with Gasteiger partial charge in [0.05, 0.1) is 11.8 Å². The monoisotopic (exact) mass is 345 g/mol. The lowest BCUT2D eigenvalue weighted by molar-refractivity contribution is 0.517. The number of aryl methyl sites for hydroxylation is 2. The number of anilines is 1. The first kappa shape index (κ1) is 13.9. The van der Waals surface area contributed by atoms with E-state index >= 15 is 0 Å². The number of nitrogen functional groups attached to an aromatic ring is 1. The van der Waals surface area contributed by atoms with Gasteiger partial charge in [-0.25, -0.2) is 0 Å². The van der Waals surface area contributed by atoms with Crippen molar-refractivity contribution in [3.63, 3.8) is 0 Å². The Bertz CT molecular complexity index is 789. The molecule has 3 aromatic rings. The maximum atomic E-state index is 6.24. The van der Waals surface area contributed by atoms with Crippen molar-refractivity contribution in [2.45, 2.75) is 13.3 Å². The van der Waals surface area contributed by atoms with E-state index in [1.54, 1.807) is 10.9 Å². The molecule has 0 bridgehead atoms. The van der Waals surface area contributed by atoms with Gasteiger partial charge in [0.1, 0.15) is 17.3 Å². The number of nitrogens with zero attached hydrogens (tertiary/aromatic N) is 2. The lowest BCUT2D eigenvalue weighted by Gasteiger charge is -2.05. The summed E-state index contributed by atoms with van der Waals surface area (Å²) in [4.78, 5) is 0. The summed E-state index contributed by atoms with van der Waals surface area (Å²) in [6.07, 6.45) is 2.51. The Morgan fingerprint density at radius 2 is 2.14 bits per heavy atom. The number of furan rings is 1.